The Morgan fingerprint density at radius 2 is 1.85 bits per heavy atom. The minimum atomic E-state index is -0.225. The van der Waals surface area contributed by atoms with Crippen molar-refractivity contribution in [3.63, 3.8) is 0 Å². The molecule has 1 aromatic rings. The summed E-state index contributed by atoms with van der Waals surface area (Å²) in [5.41, 5.74) is 7.01. The van der Waals surface area contributed by atoms with E-state index in [0.717, 1.165) is 35.7 Å². The number of benzene rings is 1. The molecule has 20 heavy (non-hydrogen) atoms. The van der Waals surface area contributed by atoms with E-state index in [1.165, 1.54) is 0 Å². The fourth-order valence-electron chi connectivity index (χ4n) is 2.66. The molecule has 1 aromatic carbocycles. The smallest absolute Gasteiger partial charge is 0.251 e. The predicted octanol–water partition coefficient (Wildman–Crippen LogP) is 2.53. The van der Waals surface area contributed by atoms with Gasteiger partial charge < -0.3 is 11.1 Å². The van der Waals surface area contributed by atoms with E-state index in [0.29, 0.717) is 5.56 Å². The van der Waals surface area contributed by atoms with Crippen LogP contribution in [0.2, 0.25) is 0 Å². The zero-order valence-corrected chi connectivity index (χ0v) is 13.1. The van der Waals surface area contributed by atoms with Gasteiger partial charge in [-0.15, -0.1) is 0 Å². The molecular formula is C15H19BrN2O2. The molecule has 5 heteroatoms. The summed E-state index contributed by atoms with van der Waals surface area (Å²) >= 11 is 3.40. The highest BCUT2D eigenvalue weighted by atomic mass is 79.9. The van der Waals surface area contributed by atoms with Gasteiger partial charge >= 0.3 is 0 Å². The lowest BCUT2D eigenvalue weighted by atomic mass is 9.85. The van der Waals surface area contributed by atoms with Gasteiger partial charge in [0.05, 0.1) is 0 Å². The van der Waals surface area contributed by atoms with Crippen LogP contribution in [0.15, 0.2) is 22.7 Å². The molecule has 0 unspecified atom stereocenters. The van der Waals surface area contributed by atoms with Crippen LogP contribution in [0.1, 0.15) is 41.6 Å². The third-order valence-corrected chi connectivity index (χ3v) is 4.23. The van der Waals surface area contributed by atoms with Gasteiger partial charge in [0.2, 0.25) is 5.91 Å². The third-order valence-electron chi connectivity index (χ3n) is 3.77. The number of carbonyl (C=O) groups excluding carboxylic acids is 2. The first kappa shape index (κ1) is 15.0. The molecule has 0 spiro atoms. The summed E-state index contributed by atoms with van der Waals surface area (Å²) in [6, 6.07) is 5.79. The molecule has 1 saturated carbocycles. The SMILES string of the molecule is Cc1cc(Br)cc(C(=O)NC2CCC(C(N)=O)CC2)c1. The fraction of sp³-hybridized carbons (Fsp3) is 0.467. The van der Waals surface area contributed by atoms with Crippen molar-refractivity contribution in [2.45, 2.75) is 38.6 Å². The van der Waals surface area contributed by atoms with Crippen LogP contribution >= 0.6 is 15.9 Å². The maximum atomic E-state index is 12.2. The molecule has 0 radical (unpaired) electrons. The quantitative estimate of drug-likeness (QED) is 0.888. The van der Waals surface area contributed by atoms with Crippen LogP contribution < -0.4 is 11.1 Å². The van der Waals surface area contributed by atoms with E-state index in [9.17, 15) is 9.59 Å². The standard InChI is InChI=1S/C15H19BrN2O2/c1-9-6-11(8-12(16)7-9)15(20)18-13-4-2-10(3-5-13)14(17)19/h6-8,10,13H,2-5H2,1H3,(H2,17,19)(H,18,20). The van der Waals surface area contributed by atoms with Crippen molar-refractivity contribution in [1.82, 2.24) is 5.32 Å². The molecule has 0 aliphatic heterocycles. The van der Waals surface area contributed by atoms with Crippen molar-refractivity contribution in [2.75, 3.05) is 0 Å². The van der Waals surface area contributed by atoms with Gasteiger partial charge in [-0.2, -0.15) is 0 Å². The number of amides is 2. The third kappa shape index (κ3) is 3.82. The average molecular weight is 339 g/mol. The van der Waals surface area contributed by atoms with E-state index < -0.39 is 0 Å². The molecule has 1 fully saturated rings. The summed E-state index contributed by atoms with van der Waals surface area (Å²) in [4.78, 5) is 23.3. The van der Waals surface area contributed by atoms with Crippen LogP contribution in [0.5, 0.6) is 0 Å². The molecule has 4 nitrogen and oxygen atoms in total. The van der Waals surface area contributed by atoms with Crippen LogP contribution in [-0.2, 0) is 4.79 Å². The molecule has 0 saturated heterocycles. The maximum Gasteiger partial charge on any atom is 0.251 e. The molecular weight excluding hydrogens is 320 g/mol. The Hall–Kier alpha value is -1.36. The van der Waals surface area contributed by atoms with Crippen molar-refractivity contribution in [3.05, 3.63) is 33.8 Å². The zero-order chi connectivity index (χ0) is 14.7. The van der Waals surface area contributed by atoms with Crippen molar-refractivity contribution >= 4 is 27.7 Å². The highest BCUT2D eigenvalue weighted by Gasteiger charge is 2.25. The molecule has 0 atom stereocenters. The van der Waals surface area contributed by atoms with Crippen LogP contribution in [0.4, 0.5) is 0 Å². The second-order valence-electron chi connectivity index (χ2n) is 5.44. The first-order valence-electron chi connectivity index (χ1n) is 6.83. The highest BCUT2D eigenvalue weighted by Crippen LogP contribution is 2.24. The van der Waals surface area contributed by atoms with Crippen LogP contribution in [0, 0.1) is 12.8 Å². The van der Waals surface area contributed by atoms with E-state index in [2.05, 4.69) is 21.2 Å². The Labute approximate surface area is 127 Å². The van der Waals surface area contributed by atoms with E-state index in [4.69, 9.17) is 5.73 Å². The Kier molecular flexibility index (Phi) is 4.81. The number of carbonyl (C=O) groups is 2. The fourth-order valence-corrected chi connectivity index (χ4v) is 3.27. The molecule has 3 N–H and O–H groups in total. The van der Waals surface area contributed by atoms with Gasteiger partial charge in [-0.25, -0.2) is 0 Å². The summed E-state index contributed by atoms with van der Waals surface area (Å²) in [6.07, 6.45) is 3.15. The summed E-state index contributed by atoms with van der Waals surface area (Å²) in [6.45, 7) is 1.96. The number of aryl methyl sites for hydroxylation is 1. The number of hydrogen-bond donors (Lipinski definition) is 2. The first-order valence-corrected chi connectivity index (χ1v) is 7.62. The first-order chi connectivity index (χ1) is 9.45. The summed E-state index contributed by atoms with van der Waals surface area (Å²) < 4.78 is 0.903. The minimum absolute atomic E-state index is 0.0312. The lowest BCUT2D eigenvalue weighted by Gasteiger charge is -2.27. The molecule has 2 amide bonds. The van der Waals surface area contributed by atoms with Crippen molar-refractivity contribution in [3.8, 4) is 0 Å². The molecule has 1 aliphatic carbocycles. The number of primary amides is 1. The Morgan fingerprint density at radius 1 is 1.20 bits per heavy atom. The second-order valence-corrected chi connectivity index (χ2v) is 6.36. The average Bonchev–Trinajstić information content (AvgIpc) is 2.38. The van der Waals surface area contributed by atoms with E-state index in [1.54, 1.807) is 0 Å². The minimum Gasteiger partial charge on any atom is -0.369 e. The van der Waals surface area contributed by atoms with Crippen LogP contribution in [0.3, 0.4) is 0 Å². The number of rotatable bonds is 3. The van der Waals surface area contributed by atoms with Crippen molar-refractivity contribution < 1.29 is 9.59 Å². The van der Waals surface area contributed by atoms with Gasteiger partial charge in [-0.1, -0.05) is 15.9 Å². The Balaban J connectivity index is 1.94. The summed E-state index contributed by atoms with van der Waals surface area (Å²) in [5.74, 6) is -0.314. The van der Waals surface area contributed by atoms with E-state index in [-0.39, 0.29) is 23.8 Å². The molecule has 2 rings (SSSR count). The lowest BCUT2D eigenvalue weighted by Crippen LogP contribution is -2.39. The normalized spacial score (nSPS) is 22.3. The van der Waals surface area contributed by atoms with Gasteiger partial charge in [-0.05, 0) is 56.4 Å². The van der Waals surface area contributed by atoms with Gasteiger partial charge in [0.15, 0.2) is 0 Å². The molecule has 0 aromatic heterocycles. The Morgan fingerprint density at radius 3 is 2.40 bits per heavy atom. The maximum absolute atomic E-state index is 12.2. The summed E-state index contributed by atoms with van der Waals surface area (Å²) in [7, 11) is 0. The molecule has 0 heterocycles. The predicted molar refractivity (Wildman–Crippen MR) is 81.3 cm³/mol. The number of halogens is 1. The van der Waals surface area contributed by atoms with Gasteiger partial charge in [0.1, 0.15) is 0 Å². The Bertz CT molecular complexity index is 502. The van der Waals surface area contributed by atoms with E-state index in [1.807, 2.05) is 25.1 Å². The van der Waals surface area contributed by atoms with Gasteiger partial charge in [-0.3, -0.25) is 9.59 Å². The lowest BCUT2D eigenvalue weighted by molar-refractivity contribution is -0.122. The number of nitrogens with two attached hydrogens (primary N) is 1. The molecule has 0 bridgehead atoms. The van der Waals surface area contributed by atoms with Crippen LogP contribution in [0.25, 0.3) is 0 Å². The molecule has 108 valence electrons. The topological polar surface area (TPSA) is 72.2 Å². The van der Waals surface area contributed by atoms with Crippen LogP contribution in [-0.4, -0.2) is 17.9 Å². The summed E-state index contributed by atoms with van der Waals surface area (Å²) in [5, 5.41) is 3.04. The second kappa shape index (κ2) is 6.39. The molecule has 1 aliphatic rings. The largest absolute Gasteiger partial charge is 0.369 e. The van der Waals surface area contributed by atoms with Crippen molar-refractivity contribution in [2.24, 2.45) is 11.7 Å². The number of hydrogen-bond acceptors (Lipinski definition) is 2. The zero-order valence-electron chi connectivity index (χ0n) is 11.5. The van der Waals surface area contributed by atoms with Gasteiger partial charge in [0.25, 0.3) is 5.91 Å². The van der Waals surface area contributed by atoms with E-state index >= 15 is 0 Å². The monoisotopic (exact) mass is 338 g/mol. The highest BCUT2D eigenvalue weighted by molar-refractivity contribution is 9.10. The van der Waals surface area contributed by atoms with Crippen molar-refractivity contribution in [1.29, 1.82) is 0 Å². The number of nitrogens with one attached hydrogen (secondary N) is 1. The van der Waals surface area contributed by atoms with Gasteiger partial charge in [0, 0.05) is 22.0 Å².